The van der Waals surface area contributed by atoms with Crippen molar-refractivity contribution in [2.24, 2.45) is 0 Å². The molecule has 1 aromatic heterocycles. The molecule has 0 aliphatic carbocycles. The molecule has 0 atom stereocenters. The average molecular weight is 311 g/mol. The molecule has 0 amide bonds. The minimum atomic E-state index is 0.772. The maximum atomic E-state index is 5.99. The van der Waals surface area contributed by atoms with E-state index in [0.29, 0.717) is 0 Å². The molecular formula is C19H19ClN2. The van der Waals surface area contributed by atoms with Crippen molar-refractivity contribution in [1.29, 1.82) is 0 Å². The second-order valence-electron chi connectivity index (χ2n) is 5.51. The average Bonchev–Trinajstić information content (AvgIpc) is 2.97. The van der Waals surface area contributed by atoms with Crippen LogP contribution in [-0.2, 0) is 6.54 Å². The van der Waals surface area contributed by atoms with Gasteiger partial charge in [-0.05, 0) is 41.8 Å². The number of hydrogen-bond acceptors (Lipinski definition) is 1. The van der Waals surface area contributed by atoms with E-state index in [-0.39, 0.29) is 0 Å². The van der Waals surface area contributed by atoms with Gasteiger partial charge in [0.15, 0.2) is 0 Å². The Labute approximate surface area is 136 Å². The van der Waals surface area contributed by atoms with E-state index >= 15 is 0 Å². The van der Waals surface area contributed by atoms with E-state index in [2.05, 4.69) is 59.4 Å². The molecule has 0 saturated carbocycles. The van der Waals surface area contributed by atoms with Gasteiger partial charge in [0.25, 0.3) is 0 Å². The number of nitrogens with one attached hydrogen (secondary N) is 1. The summed E-state index contributed by atoms with van der Waals surface area (Å²) in [4.78, 5) is 5.61. The standard InChI is InChI=1S/C19H19ClN2/c1-22(12-4-6-15-5-2-9-18(20)13-15)14-17-8-3-7-16-10-11-21-19(16)17/h2-11,13,21H,12,14H2,1H3/b6-4+. The highest BCUT2D eigenvalue weighted by Gasteiger charge is 2.04. The van der Waals surface area contributed by atoms with E-state index in [0.717, 1.165) is 23.7 Å². The van der Waals surface area contributed by atoms with Gasteiger partial charge < -0.3 is 4.98 Å². The first-order valence-electron chi connectivity index (χ1n) is 7.38. The van der Waals surface area contributed by atoms with Crippen LogP contribution < -0.4 is 0 Å². The SMILES string of the molecule is CN(C/C=C/c1cccc(Cl)c1)Cc1cccc2cc[nH]c12. The number of fused-ring (bicyclic) bond motifs is 1. The lowest BCUT2D eigenvalue weighted by Crippen LogP contribution is -2.17. The molecule has 0 unspecified atom stereocenters. The molecule has 2 nitrogen and oxygen atoms in total. The zero-order valence-corrected chi connectivity index (χ0v) is 13.3. The molecule has 0 fully saturated rings. The number of halogens is 1. The van der Waals surface area contributed by atoms with Gasteiger partial charge in [0.2, 0.25) is 0 Å². The molecule has 1 N–H and O–H groups in total. The fourth-order valence-electron chi connectivity index (χ4n) is 2.62. The Bertz CT molecular complexity index is 789. The van der Waals surface area contributed by atoms with Crippen molar-refractivity contribution >= 4 is 28.6 Å². The van der Waals surface area contributed by atoms with Crippen molar-refractivity contribution in [3.63, 3.8) is 0 Å². The highest BCUT2D eigenvalue weighted by Crippen LogP contribution is 2.18. The van der Waals surface area contributed by atoms with E-state index < -0.39 is 0 Å². The molecule has 0 spiro atoms. The van der Waals surface area contributed by atoms with E-state index in [1.54, 1.807) is 0 Å². The van der Waals surface area contributed by atoms with Gasteiger partial charge in [0.1, 0.15) is 0 Å². The zero-order chi connectivity index (χ0) is 15.4. The van der Waals surface area contributed by atoms with Crippen molar-refractivity contribution in [3.05, 3.63) is 77.0 Å². The van der Waals surface area contributed by atoms with Crippen LogP contribution in [0.1, 0.15) is 11.1 Å². The first-order valence-corrected chi connectivity index (χ1v) is 7.76. The van der Waals surface area contributed by atoms with Gasteiger partial charge in [-0.15, -0.1) is 0 Å². The number of likely N-dealkylation sites (N-methyl/N-ethyl adjacent to an activating group) is 1. The molecule has 1 heterocycles. The number of benzene rings is 2. The smallest absolute Gasteiger partial charge is 0.0499 e. The largest absolute Gasteiger partial charge is 0.361 e. The van der Waals surface area contributed by atoms with Crippen LogP contribution in [0, 0.1) is 0 Å². The van der Waals surface area contributed by atoms with Gasteiger partial charge >= 0.3 is 0 Å². The van der Waals surface area contributed by atoms with Crippen LogP contribution in [-0.4, -0.2) is 23.5 Å². The summed E-state index contributed by atoms with van der Waals surface area (Å²) in [7, 11) is 2.13. The third kappa shape index (κ3) is 3.59. The molecule has 3 aromatic rings. The molecule has 3 heteroatoms. The Morgan fingerprint density at radius 1 is 1.14 bits per heavy atom. The van der Waals surface area contributed by atoms with Crippen LogP contribution in [0.4, 0.5) is 0 Å². The topological polar surface area (TPSA) is 19.0 Å². The van der Waals surface area contributed by atoms with Crippen molar-refractivity contribution in [2.45, 2.75) is 6.54 Å². The number of H-pyrrole nitrogens is 1. The van der Waals surface area contributed by atoms with Gasteiger partial charge in [-0.25, -0.2) is 0 Å². The van der Waals surface area contributed by atoms with Crippen LogP contribution in [0.15, 0.2) is 60.8 Å². The Morgan fingerprint density at radius 3 is 2.86 bits per heavy atom. The fraction of sp³-hybridized carbons (Fsp3) is 0.158. The summed E-state index contributed by atoms with van der Waals surface area (Å²) in [5.41, 5.74) is 3.68. The minimum absolute atomic E-state index is 0.772. The minimum Gasteiger partial charge on any atom is -0.361 e. The van der Waals surface area contributed by atoms with Gasteiger partial charge in [-0.2, -0.15) is 0 Å². The van der Waals surface area contributed by atoms with Crippen molar-refractivity contribution in [1.82, 2.24) is 9.88 Å². The summed E-state index contributed by atoms with van der Waals surface area (Å²) < 4.78 is 0. The third-order valence-corrected chi connectivity index (χ3v) is 3.92. The Kier molecular flexibility index (Phi) is 4.62. The molecule has 3 rings (SSSR count). The van der Waals surface area contributed by atoms with E-state index in [4.69, 9.17) is 11.6 Å². The van der Waals surface area contributed by atoms with Crippen LogP contribution in [0.2, 0.25) is 5.02 Å². The van der Waals surface area contributed by atoms with Crippen molar-refractivity contribution in [2.75, 3.05) is 13.6 Å². The van der Waals surface area contributed by atoms with Crippen LogP contribution in [0.3, 0.4) is 0 Å². The summed E-state index contributed by atoms with van der Waals surface area (Å²) in [5.74, 6) is 0. The summed E-state index contributed by atoms with van der Waals surface area (Å²) >= 11 is 5.99. The van der Waals surface area contributed by atoms with E-state index in [1.165, 1.54) is 16.5 Å². The first-order chi connectivity index (χ1) is 10.7. The summed E-state index contributed by atoms with van der Waals surface area (Å²) in [6.45, 7) is 1.81. The lowest BCUT2D eigenvalue weighted by molar-refractivity contribution is 0.365. The molecule has 22 heavy (non-hydrogen) atoms. The molecule has 0 aliphatic heterocycles. The Balaban J connectivity index is 1.63. The summed E-state index contributed by atoms with van der Waals surface area (Å²) in [5, 5.41) is 2.04. The van der Waals surface area contributed by atoms with Crippen LogP contribution in [0.25, 0.3) is 17.0 Å². The molecule has 0 saturated heterocycles. The molecule has 112 valence electrons. The second kappa shape index (κ2) is 6.82. The first kappa shape index (κ1) is 14.9. The lowest BCUT2D eigenvalue weighted by Gasteiger charge is -2.15. The fourth-order valence-corrected chi connectivity index (χ4v) is 2.81. The molecular weight excluding hydrogens is 292 g/mol. The highest BCUT2D eigenvalue weighted by molar-refractivity contribution is 6.30. The Hall–Kier alpha value is -2.03. The second-order valence-corrected chi connectivity index (χ2v) is 5.95. The van der Waals surface area contributed by atoms with Crippen LogP contribution in [0.5, 0.6) is 0 Å². The van der Waals surface area contributed by atoms with Crippen molar-refractivity contribution in [3.8, 4) is 0 Å². The monoisotopic (exact) mass is 310 g/mol. The van der Waals surface area contributed by atoms with E-state index in [9.17, 15) is 0 Å². The van der Waals surface area contributed by atoms with Crippen molar-refractivity contribution < 1.29 is 0 Å². The normalized spacial score (nSPS) is 11.8. The van der Waals surface area contributed by atoms with Crippen LogP contribution >= 0.6 is 11.6 Å². The molecule has 0 bridgehead atoms. The molecule has 0 radical (unpaired) electrons. The van der Waals surface area contributed by atoms with Gasteiger partial charge in [-0.3, -0.25) is 4.90 Å². The number of aromatic amines is 1. The van der Waals surface area contributed by atoms with Gasteiger partial charge in [0, 0.05) is 29.8 Å². The molecule has 0 aliphatic rings. The number of hydrogen-bond donors (Lipinski definition) is 1. The predicted molar refractivity (Wildman–Crippen MR) is 95.1 cm³/mol. The van der Waals surface area contributed by atoms with Gasteiger partial charge in [0.05, 0.1) is 0 Å². The quantitative estimate of drug-likeness (QED) is 0.705. The molecule has 2 aromatic carbocycles. The number of rotatable bonds is 5. The number of para-hydroxylation sites is 1. The number of aromatic nitrogens is 1. The summed E-state index contributed by atoms with van der Waals surface area (Å²) in [6, 6.07) is 16.4. The predicted octanol–water partition coefficient (Wildman–Crippen LogP) is 4.97. The third-order valence-electron chi connectivity index (χ3n) is 3.69. The highest BCUT2D eigenvalue weighted by atomic mass is 35.5. The lowest BCUT2D eigenvalue weighted by atomic mass is 10.1. The Morgan fingerprint density at radius 2 is 2.00 bits per heavy atom. The maximum absolute atomic E-state index is 5.99. The maximum Gasteiger partial charge on any atom is 0.0499 e. The van der Waals surface area contributed by atoms with E-state index in [1.807, 2.05) is 24.4 Å². The zero-order valence-electron chi connectivity index (χ0n) is 12.6. The summed E-state index contributed by atoms with van der Waals surface area (Å²) in [6.07, 6.45) is 6.27. The van der Waals surface area contributed by atoms with Gasteiger partial charge in [-0.1, -0.05) is 54.1 Å². The number of nitrogens with zero attached hydrogens (tertiary/aromatic N) is 1.